The normalized spacial score (nSPS) is 13.6. The molecule has 0 spiro atoms. The van der Waals surface area contributed by atoms with Crippen molar-refractivity contribution in [1.29, 1.82) is 0 Å². The zero-order valence-corrected chi connectivity index (χ0v) is 33.6. The van der Waals surface area contributed by atoms with Crippen LogP contribution < -0.4 is 32.8 Å². The van der Waals surface area contributed by atoms with Crippen LogP contribution in [0.5, 0.6) is 0 Å². The summed E-state index contributed by atoms with van der Waals surface area (Å²) >= 11 is 0. The number of likely N-dealkylation sites (N-methyl/N-ethyl adjacent to an activating group) is 1. The van der Waals surface area contributed by atoms with Gasteiger partial charge in [0.05, 0.1) is 18.3 Å². The second-order valence-corrected chi connectivity index (χ2v) is 12.2. The van der Waals surface area contributed by atoms with Crippen LogP contribution in [0.4, 0.5) is 11.6 Å². The molecular weight excluding hydrogens is 733 g/mol. The van der Waals surface area contributed by atoms with E-state index >= 15 is 0 Å². The van der Waals surface area contributed by atoms with Gasteiger partial charge in [-0.2, -0.15) is 4.98 Å². The van der Waals surface area contributed by atoms with E-state index in [-0.39, 0.29) is 30.1 Å². The third-order valence-electron chi connectivity index (χ3n) is 8.25. The molecular formula is C37H54N16O4. The zero-order chi connectivity index (χ0) is 41.9. The third kappa shape index (κ3) is 11.4. The Morgan fingerprint density at radius 1 is 0.789 bits per heavy atom. The Morgan fingerprint density at radius 2 is 1.40 bits per heavy atom. The Morgan fingerprint density at radius 3 is 1.98 bits per heavy atom. The van der Waals surface area contributed by atoms with E-state index < -0.39 is 0 Å². The molecule has 4 N–H and O–H groups in total. The number of hydrogen-bond donors (Lipinski definition) is 4. The van der Waals surface area contributed by atoms with Gasteiger partial charge in [0.15, 0.2) is 16.8 Å². The van der Waals surface area contributed by atoms with Gasteiger partial charge in [0, 0.05) is 107 Å². The lowest BCUT2D eigenvalue weighted by molar-refractivity contribution is -0.124. The Kier molecular flexibility index (Phi) is 16.5. The van der Waals surface area contributed by atoms with Crippen molar-refractivity contribution < 1.29 is 4.79 Å². The van der Waals surface area contributed by atoms with Crippen molar-refractivity contribution in [3.8, 4) is 0 Å². The van der Waals surface area contributed by atoms with Crippen molar-refractivity contribution >= 4 is 45.7 Å². The average molecular weight is 787 g/mol. The van der Waals surface area contributed by atoms with Crippen LogP contribution in [0.3, 0.4) is 0 Å². The molecule has 2 aliphatic heterocycles. The van der Waals surface area contributed by atoms with E-state index in [0.717, 1.165) is 33.1 Å². The number of amidine groups is 1. The van der Waals surface area contributed by atoms with Crippen LogP contribution in [0, 0.1) is 6.92 Å². The second kappa shape index (κ2) is 20.4. The van der Waals surface area contributed by atoms with Crippen LogP contribution in [0.1, 0.15) is 13.0 Å². The second-order valence-electron chi connectivity index (χ2n) is 12.2. The summed E-state index contributed by atoms with van der Waals surface area (Å²) in [5.74, 6) is 2.82. The standard InChI is InChI=1S/C8H10N4.C7H9N5O.C7H11N3.C7H10N2O2.C7H10N2O.CH4/c1-9-6-3-4-10-8-7(6)11-5-12(8)2;1-8-7-10-5-4(6(13)11-7)9-3-12(5)2;1-6-9-7(8-2)4-5-10(6)3;1-5-4-8(2)7(11)9(3)6(5)10;1-6-8(2)5-4-7(10)9(6)3;/h3-5H,1-2H3,(H,9,10);3H,1-2H3,(H2,8,10,11,13);4-5H,1H2,2-3H3,(H,8,9);4H,1-3H3;4-5H,1H2,2-3H3;1H4. The Labute approximate surface area is 330 Å². The van der Waals surface area contributed by atoms with Gasteiger partial charge < -0.3 is 39.5 Å². The number of hydrogen-bond acceptors (Lipinski definition) is 13. The van der Waals surface area contributed by atoms with Gasteiger partial charge in [-0.25, -0.2) is 19.7 Å². The fraction of sp³-hybridized carbons (Fsp3) is 0.324. The van der Waals surface area contributed by atoms with Crippen LogP contribution in [0.25, 0.3) is 22.3 Å². The molecule has 57 heavy (non-hydrogen) atoms. The first-order valence-electron chi connectivity index (χ1n) is 16.9. The van der Waals surface area contributed by atoms with Crippen LogP contribution >= 0.6 is 0 Å². The van der Waals surface area contributed by atoms with E-state index in [1.165, 1.54) is 28.8 Å². The van der Waals surface area contributed by atoms with E-state index in [2.05, 4.69) is 59.0 Å². The number of nitrogens with one attached hydrogen (secondary N) is 4. The largest absolute Gasteiger partial charge is 0.386 e. The molecule has 5 aromatic rings. The molecule has 0 atom stereocenters. The fourth-order valence-electron chi connectivity index (χ4n) is 4.77. The van der Waals surface area contributed by atoms with Gasteiger partial charge >= 0.3 is 5.69 Å². The molecule has 0 fully saturated rings. The zero-order valence-electron chi connectivity index (χ0n) is 33.6. The molecule has 0 saturated carbocycles. The highest BCUT2D eigenvalue weighted by molar-refractivity contribution is 5.94. The van der Waals surface area contributed by atoms with Crippen LogP contribution in [-0.4, -0.2) is 112 Å². The molecule has 20 nitrogen and oxygen atoms in total. The van der Waals surface area contributed by atoms with Crippen molar-refractivity contribution in [2.75, 3.05) is 52.9 Å². The van der Waals surface area contributed by atoms with Gasteiger partial charge in [0.2, 0.25) is 5.95 Å². The van der Waals surface area contributed by atoms with Crippen molar-refractivity contribution in [3.05, 3.63) is 117 Å². The van der Waals surface area contributed by atoms with Crippen LogP contribution in [-0.2, 0) is 33.0 Å². The minimum atomic E-state index is -0.291. The molecule has 5 aromatic heterocycles. The molecule has 0 aromatic carbocycles. The number of nitrogens with zero attached hydrogens (tertiary/aromatic N) is 12. The SMILES string of the molecule is C.C=C1N(C)C=CC(=O)N1C.C=C1NC(=NC)C=CN1C.CNc1ccnc2c1ncn2C.CNc1nc2c(ncn2C)c(=O)[nH]1.Cc1cn(C)c(=O)n(C)c1=O. The Balaban J connectivity index is 0.000000246. The molecule has 0 saturated heterocycles. The van der Waals surface area contributed by atoms with E-state index in [4.69, 9.17) is 0 Å². The van der Waals surface area contributed by atoms with Gasteiger partial charge in [-0.05, 0) is 19.1 Å². The summed E-state index contributed by atoms with van der Waals surface area (Å²) in [7, 11) is 17.6. The molecule has 0 bridgehead atoms. The highest BCUT2D eigenvalue weighted by atomic mass is 16.2. The fourth-order valence-corrected chi connectivity index (χ4v) is 4.77. The summed E-state index contributed by atoms with van der Waals surface area (Å²) in [6, 6.07) is 1.91. The highest BCUT2D eigenvalue weighted by Crippen LogP contribution is 2.17. The molecule has 0 aliphatic carbocycles. The van der Waals surface area contributed by atoms with E-state index in [0.29, 0.717) is 28.5 Å². The van der Waals surface area contributed by atoms with Gasteiger partial charge in [-0.3, -0.25) is 33.8 Å². The summed E-state index contributed by atoms with van der Waals surface area (Å²) in [5, 5.41) is 8.85. The number of carbonyl (C=O) groups is 1. The number of fused-ring (bicyclic) bond motifs is 2. The molecule has 7 heterocycles. The van der Waals surface area contributed by atoms with Crippen LogP contribution in [0.2, 0.25) is 0 Å². The first kappa shape index (κ1) is 45.9. The monoisotopic (exact) mass is 786 g/mol. The van der Waals surface area contributed by atoms with E-state index in [1.807, 2.05) is 56.0 Å². The van der Waals surface area contributed by atoms with Crippen LogP contribution in [0.15, 0.2) is 99.8 Å². The molecule has 0 radical (unpaired) electrons. The number of aliphatic imine (C=N–C) groups is 1. The lowest BCUT2D eigenvalue weighted by Crippen LogP contribution is -2.37. The summed E-state index contributed by atoms with van der Waals surface area (Å²) in [4.78, 5) is 72.6. The third-order valence-corrected chi connectivity index (χ3v) is 8.25. The topological polar surface area (TPSA) is 214 Å². The lowest BCUT2D eigenvalue weighted by atomic mass is 10.3. The Bertz CT molecular complexity index is 2450. The number of amides is 1. The predicted octanol–water partition coefficient (Wildman–Crippen LogP) is 1.65. The maximum atomic E-state index is 11.4. The molecule has 20 heteroatoms. The van der Waals surface area contributed by atoms with Crippen molar-refractivity contribution in [3.63, 3.8) is 0 Å². The number of rotatable bonds is 2. The Hall–Kier alpha value is -7.25. The first-order valence-corrected chi connectivity index (χ1v) is 16.9. The minimum absolute atomic E-state index is 0. The molecule has 0 unspecified atom stereocenters. The minimum Gasteiger partial charge on any atom is -0.386 e. The average Bonchev–Trinajstić information content (AvgIpc) is 3.77. The maximum absolute atomic E-state index is 11.4. The first-order chi connectivity index (χ1) is 26.4. The van der Waals surface area contributed by atoms with E-state index in [9.17, 15) is 19.2 Å². The smallest absolute Gasteiger partial charge is 0.330 e. The number of pyridine rings is 1. The number of aromatic nitrogens is 9. The summed E-state index contributed by atoms with van der Waals surface area (Å²) in [6.07, 6.45) is 13.7. The number of aryl methyl sites for hydroxylation is 4. The number of carbonyl (C=O) groups excluding carboxylic acids is 1. The van der Waals surface area contributed by atoms with Gasteiger partial charge in [0.25, 0.3) is 17.0 Å². The maximum Gasteiger partial charge on any atom is 0.330 e. The lowest BCUT2D eigenvalue weighted by Gasteiger charge is -2.28. The quantitative estimate of drug-likeness (QED) is 0.201. The molecule has 7 rings (SSSR count). The van der Waals surface area contributed by atoms with E-state index in [1.54, 1.807) is 76.7 Å². The van der Waals surface area contributed by atoms with Crippen molar-refractivity contribution in [2.45, 2.75) is 14.4 Å². The molecule has 1 amide bonds. The molecule has 306 valence electrons. The molecule has 2 aliphatic rings. The number of imidazole rings is 2. The predicted molar refractivity (Wildman–Crippen MR) is 226 cm³/mol. The summed E-state index contributed by atoms with van der Waals surface area (Å²) in [6.45, 7) is 9.16. The number of anilines is 2. The number of H-pyrrole nitrogens is 1. The van der Waals surface area contributed by atoms with Crippen molar-refractivity contribution in [1.82, 2.24) is 63.2 Å². The van der Waals surface area contributed by atoms with Gasteiger partial charge in [-0.1, -0.05) is 20.6 Å². The number of aromatic amines is 1. The van der Waals surface area contributed by atoms with Gasteiger partial charge in [-0.15, -0.1) is 0 Å². The summed E-state index contributed by atoms with van der Waals surface area (Å²) < 4.78 is 6.08. The highest BCUT2D eigenvalue weighted by Gasteiger charge is 2.15. The van der Waals surface area contributed by atoms with Crippen molar-refractivity contribution in [2.24, 2.45) is 33.2 Å². The van der Waals surface area contributed by atoms with Gasteiger partial charge in [0.1, 0.15) is 23.0 Å². The summed E-state index contributed by atoms with van der Waals surface area (Å²) in [5.41, 5.74) is 3.61.